The van der Waals surface area contributed by atoms with Crippen LogP contribution >= 0.6 is 0 Å². The predicted octanol–water partition coefficient (Wildman–Crippen LogP) is 2.32. The SMILES string of the molecule is CC(=O)c1c[nH]c2c(C=O)ccc(F)c12. The molecule has 15 heavy (non-hydrogen) atoms. The van der Waals surface area contributed by atoms with Gasteiger partial charge >= 0.3 is 0 Å². The van der Waals surface area contributed by atoms with Crippen molar-refractivity contribution < 1.29 is 14.0 Å². The molecule has 1 aromatic carbocycles. The van der Waals surface area contributed by atoms with Crippen molar-refractivity contribution in [1.82, 2.24) is 4.98 Å². The van der Waals surface area contributed by atoms with Crippen molar-refractivity contribution in [3.8, 4) is 0 Å². The Hall–Kier alpha value is -1.97. The lowest BCUT2D eigenvalue weighted by molar-refractivity contribution is 0.101. The van der Waals surface area contributed by atoms with E-state index in [-0.39, 0.29) is 16.7 Å². The van der Waals surface area contributed by atoms with E-state index < -0.39 is 5.82 Å². The highest BCUT2D eigenvalue weighted by atomic mass is 19.1. The number of carbonyl (C=O) groups is 2. The minimum atomic E-state index is -0.498. The summed E-state index contributed by atoms with van der Waals surface area (Å²) in [6, 6.07) is 2.57. The van der Waals surface area contributed by atoms with Gasteiger partial charge in [0.15, 0.2) is 12.1 Å². The molecule has 0 spiro atoms. The van der Waals surface area contributed by atoms with E-state index in [0.717, 1.165) is 0 Å². The lowest BCUT2D eigenvalue weighted by Gasteiger charge is -1.97. The number of aromatic nitrogens is 1. The van der Waals surface area contributed by atoms with Gasteiger partial charge in [-0.15, -0.1) is 0 Å². The van der Waals surface area contributed by atoms with Crippen molar-refractivity contribution >= 4 is 23.0 Å². The van der Waals surface area contributed by atoms with Gasteiger partial charge in [-0.05, 0) is 19.1 Å². The Morgan fingerprint density at radius 1 is 1.47 bits per heavy atom. The van der Waals surface area contributed by atoms with E-state index in [1.807, 2.05) is 0 Å². The van der Waals surface area contributed by atoms with Crippen LogP contribution in [0, 0.1) is 5.82 Å². The summed E-state index contributed by atoms with van der Waals surface area (Å²) in [5.74, 6) is -0.731. The van der Waals surface area contributed by atoms with Gasteiger partial charge in [-0.2, -0.15) is 0 Å². The fourth-order valence-electron chi connectivity index (χ4n) is 1.60. The Labute approximate surface area is 84.9 Å². The summed E-state index contributed by atoms with van der Waals surface area (Å²) in [7, 11) is 0. The maximum atomic E-state index is 13.5. The van der Waals surface area contributed by atoms with E-state index in [1.165, 1.54) is 25.3 Å². The van der Waals surface area contributed by atoms with Crippen LogP contribution in [0.1, 0.15) is 27.6 Å². The number of ketones is 1. The lowest BCUT2D eigenvalue weighted by Crippen LogP contribution is -1.92. The third-order valence-corrected chi connectivity index (χ3v) is 2.32. The normalized spacial score (nSPS) is 10.5. The number of aldehydes is 1. The van der Waals surface area contributed by atoms with Gasteiger partial charge in [0.2, 0.25) is 0 Å². The van der Waals surface area contributed by atoms with Crippen molar-refractivity contribution in [2.24, 2.45) is 0 Å². The molecule has 76 valence electrons. The fourth-order valence-corrected chi connectivity index (χ4v) is 1.60. The molecule has 3 nitrogen and oxygen atoms in total. The van der Waals surface area contributed by atoms with Gasteiger partial charge in [0.25, 0.3) is 0 Å². The number of hydrogen-bond donors (Lipinski definition) is 1. The summed E-state index contributed by atoms with van der Waals surface area (Å²) in [5.41, 5.74) is 0.986. The van der Waals surface area contributed by atoms with E-state index in [1.54, 1.807) is 0 Å². The summed E-state index contributed by atoms with van der Waals surface area (Å²) in [4.78, 5) is 24.6. The molecule has 0 aliphatic rings. The standard InChI is InChI=1S/C11H8FNO2/c1-6(15)8-4-13-11-7(5-14)2-3-9(12)10(8)11/h2-5,13H,1H3. The summed E-state index contributed by atoms with van der Waals surface area (Å²) >= 11 is 0. The van der Waals surface area contributed by atoms with Gasteiger partial charge in [-0.3, -0.25) is 9.59 Å². The number of fused-ring (bicyclic) bond motifs is 1. The van der Waals surface area contributed by atoms with E-state index in [0.29, 0.717) is 17.4 Å². The molecule has 2 aromatic rings. The van der Waals surface area contributed by atoms with Gasteiger partial charge in [-0.1, -0.05) is 0 Å². The summed E-state index contributed by atoms with van der Waals surface area (Å²) < 4.78 is 13.5. The van der Waals surface area contributed by atoms with Crippen molar-refractivity contribution in [1.29, 1.82) is 0 Å². The quantitative estimate of drug-likeness (QED) is 0.604. The summed E-state index contributed by atoms with van der Waals surface area (Å²) in [6.07, 6.45) is 2.05. The molecule has 0 radical (unpaired) electrons. The van der Waals surface area contributed by atoms with Gasteiger partial charge in [0.05, 0.1) is 5.52 Å². The number of rotatable bonds is 2. The molecule has 1 aromatic heterocycles. The van der Waals surface area contributed by atoms with Crippen LogP contribution in [-0.4, -0.2) is 17.1 Å². The minimum Gasteiger partial charge on any atom is -0.360 e. The molecular formula is C11H8FNO2. The molecule has 1 N–H and O–H groups in total. The Bertz CT molecular complexity index is 557. The predicted molar refractivity (Wildman–Crippen MR) is 53.6 cm³/mol. The first kappa shape index (κ1) is 9.58. The zero-order chi connectivity index (χ0) is 11.0. The zero-order valence-electron chi connectivity index (χ0n) is 8.00. The fraction of sp³-hybridized carbons (Fsp3) is 0.0909. The van der Waals surface area contributed by atoms with E-state index >= 15 is 0 Å². The topological polar surface area (TPSA) is 49.9 Å². The molecule has 2 rings (SSSR count). The second kappa shape index (κ2) is 3.31. The number of aromatic amines is 1. The van der Waals surface area contributed by atoms with E-state index in [4.69, 9.17) is 0 Å². The highest BCUT2D eigenvalue weighted by molar-refractivity contribution is 6.10. The second-order valence-corrected chi connectivity index (χ2v) is 3.26. The largest absolute Gasteiger partial charge is 0.360 e. The van der Waals surface area contributed by atoms with E-state index in [2.05, 4.69) is 4.98 Å². The molecule has 4 heteroatoms. The number of benzene rings is 1. The first-order valence-corrected chi connectivity index (χ1v) is 4.41. The number of hydrogen-bond acceptors (Lipinski definition) is 2. The van der Waals surface area contributed by atoms with Gasteiger partial charge in [0, 0.05) is 22.7 Å². The number of carbonyl (C=O) groups excluding carboxylic acids is 2. The molecule has 0 aliphatic carbocycles. The summed E-state index contributed by atoms with van der Waals surface area (Å²) in [6.45, 7) is 1.36. The molecule has 0 atom stereocenters. The van der Waals surface area contributed by atoms with Crippen LogP contribution in [0.25, 0.3) is 10.9 Å². The van der Waals surface area contributed by atoms with Crippen LogP contribution in [0.4, 0.5) is 4.39 Å². The molecule has 0 aliphatic heterocycles. The Kier molecular flexibility index (Phi) is 2.11. The maximum Gasteiger partial charge on any atom is 0.162 e. The van der Waals surface area contributed by atoms with Crippen LogP contribution in [0.3, 0.4) is 0 Å². The van der Waals surface area contributed by atoms with Crippen LogP contribution < -0.4 is 0 Å². The van der Waals surface area contributed by atoms with Crippen LogP contribution in [-0.2, 0) is 0 Å². The van der Waals surface area contributed by atoms with Crippen LogP contribution in [0.5, 0.6) is 0 Å². The zero-order valence-corrected chi connectivity index (χ0v) is 8.00. The second-order valence-electron chi connectivity index (χ2n) is 3.26. The number of halogens is 1. The molecule has 0 saturated carbocycles. The molecule has 0 saturated heterocycles. The molecule has 0 bridgehead atoms. The lowest BCUT2D eigenvalue weighted by atomic mass is 10.1. The van der Waals surface area contributed by atoms with Crippen LogP contribution in [0.2, 0.25) is 0 Å². The first-order valence-electron chi connectivity index (χ1n) is 4.41. The van der Waals surface area contributed by atoms with Gasteiger partial charge in [0.1, 0.15) is 5.82 Å². The summed E-state index contributed by atoms with van der Waals surface area (Å²) in [5, 5.41) is 0.187. The Balaban J connectivity index is 2.90. The Morgan fingerprint density at radius 2 is 2.20 bits per heavy atom. The minimum absolute atomic E-state index is 0.187. The Morgan fingerprint density at radius 3 is 2.80 bits per heavy atom. The average molecular weight is 205 g/mol. The number of Topliss-reactive ketones (excluding diaryl/α,β-unsaturated/α-hetero) is 1. The first-order chi connectivity index (χ1) is 7.15. The third-order valence-electron chi connectivity index (χ3n) is 2.32. The van der Waals surface area contributed by atoms with Crippen LogP contribution in [0.15, 0.2) is 18.3 Å². The van der Waals surface area contributed by atoms with Crippen molar-refractivity contribution in [3.05, 3.63) is 35.3 Å². The molecule has 1 heterocycles. The smallest absolute Gasteiger partial charge is 0.162 e. The molecular weight excluding hydrogens is 197 g/mol. The van der Waals surface area contributed by atoms with Crippen molar-refractivity contribution in [3.63, 3.8) is 0 Å². The van der Waals surface area contributed by atoms with Gasteiger partial charge in [-0.25, -0.2) is 4.39 Å². The highest BCUT2D eigenvalue weighted by Crippen LogP contribution is 2.24. The van der Waals surface area contributed by atoms with Crippen molar-refractivity contribution in [2.75, 3.05) is 0 Å². The van der Waals surface area contributed by atoms with E-state index in [9.17, 15) is 14.0 Å². The number of H-pyrrole nitrogens is 1. The van der Waals surface area contributed by atoms with Crippen molar-refractivity contribution in [2.45, 2.75) is 6.92 Å². The molecule has 0 amide bonds. The maximum absolute atomic E-state index is 13.5. The molecule has 0 unspecified atom stereocenters. The average Bonchev–Trinajstić information content (AvgIpc) is 2.63. The molecule has 0 fully saturated rings. The number of nitrogens with one attached hydrogen (secondary N) is 1. The van der Waals surface area contributed by atoms with Gasteiger partial charge < -0.3 is 4.98 Å². The third kappa shape index (κ3) is 1.34. The highest BCUT2D eigenvalue weighted by Gasteiger charge is 2.14. The monoisotopic (exact) mass is 205 g/mol.